The molecule has 1 aliphatic carbocycles. The summed E-state index contributed by atoms with van der Waals surface area (Å²) < 4.78 is 29.9. The zero-order chi connectivity index (χ0) is 14.9. The lowest BCUT2D eigenvalue weighted by Crippen LogP contribution is -2.35. The lowest BCUT2D eigenvalue weighted by Gasteiger charge is -2.19. The standard InChI is InChI=1S/C12H18N2O5S/c1-13(2)20(17,18)11-6-5-10(19-11)12(16)14(7-8-15)9-3-4-9/h5-6,9,15H,3-4,7-8H2,1-2H3. The van der Waals surface area contributed by atoms with E-state index in [-0.39, 0.29) is 36.0 Å². The number of aliphatic hydroxyl groups excluding tert-OH is 1. The van der Waals surface area contributed by atoms with Gasteiger partial charge in [0.05, 0.1) is 6.61 Å². The van der Waals surface area contributed by atoms with Crippen molar-refractivity contribution in [1.29, 1.82) is 0 Å². The van der Waals surface area contributed by atoms with Gasteiger partial charge in [-0.3, -0.25) is 4.79 Å². The van der Waals surface area contributed by atoms with Crippen molar-refractivity contribution in [3.05, 3.63) is 17.9 Å². The molecule has 1 N–H and O–H groups in total. The Kier molecular flexibility index (Phi) is 4.17. The van der Waals surface area contributed by atoms with Crippen molar-refractivity contribution in [1.82, 2.24) is 9.21 Å². The van der Waals surface area contributed by atoms with E-state index in [9.17, 15) is 13.2 Å². The summed E-state index contributed by atoms with van der Waals surface area (Å²) in [5.41, 5.74) is 0. The molecule has 1 amide bonds. The van der Waals surface area contributed by atoms with E-state index in [4.69, 9.17) is 9.52 Å². The molecule has 1 fully saturated rings. The summed E-state index contributed by atoms with van der Waals surface area (Å²) in [4.78, 5) is 13.8. The minimum atomic E-state index is -3.69. The predicted molar refractivity (Wildman–Crippen MR) is 70.7 cm³/mol. The van der Waals surface area contributed by atoms with Crippen LogP contribution in [0.4, 0.5) is 0 Å². The van der Waals surface area contributed by atoms with Crippen molar-refractivity contribution in [2.24, 2.45) is 0 Å². The first kappa shape index (κ1) is 15.0. The summed E-state index contributed by atoms with van der Waals surface area (Å²) >= 11 is 0. The lowest BCUT2D eigenvalue weighted by atomic mass is 10.3. The quantitative estimate of drug-likeness (QED) is 0.806. The van der Waals surface area contributed by atoms with Crippen LogP contribution in [0.5, 0.6) is 0 Å². The fourth-order valence-electron chi connectivity index (χ4n) is 1.84. The third kappa shape index (κ3) is 2.87. The Morgan fingerprint density at radius 1 is 1.40 bits per heavy atom. The highest BCUT2D eigenvalue weighted by Crippen LogP contribution is 2.28. The van der Waals surface area contributed by atoms with Crippen molar-refractivity contribution in [2.45, 2.75) is 24.0 Å². The van der Waals surface area contributed by atoms with Gasteiger partial charge in [0.15, 0.2) is 5.76 Å². The van der Waals surface area contributed by atoms with Crippen molar-refractivity contribution in [3.63, 3.8) is 0 Å². The number of furan rings is 1. The van der Waals surface area contributed by atoms with Gasteiger partial charge in [-0.2, -0.15) is 0 Å². The number of rotatable bonds is 6. The van der Waals surface area contributed by atoms with E-state index in [0.717, 1.165) is 17.1 Å². The Hall–Kier alpha value is -1.38. The number of hydrogen-bond acceptors (Lipinski definition) is 5. The van der Waals surface area contributed by atoms with Gasteiger partial charge in [-0.25, -0.2) is 12.7 Å². The molecule has 7 nitrogen and oxygen atoms in total. The summed E-state index contributed by atoms with van der Waals surface area (Å²) in [7, 11) is -0.905. The molecular weight excluding hydrogens is 284 g/mol. The zero-order valence-electron chi connectivity index (χ0n) is 11.4. The molecule has 0 saturated heterocycles. The molecule has 0 radical (unpaired) electrons. The second-order valence-corrected chi connectivity index (χ2v) is 6.94. The van der Waals surface area contributed by atoms with E-state index >= 15 is 0 Å². The number of hydrogen-bond donors (Lipinski definition) is 1. The average Bonchev–Trinajstić information content (AvgIpc) is 3.10. The third-order valence-corrected chi connectivity index (χ3v) is 4.81. The van der Waals surface area contributed by atoms with E-state index in [2.05, 4.69) is 0 Å². The first-order valence-corrected chi connectivity index (χ1v) is 7.76. The van der Waals surface area contributed by atoms with Crippen LogP contribution in [-0.4, -0.2) is 61.9 Å². The number of nitrogens with zero attached hydrogens (tertiary/aromatic N) is 2. The Morgan fingerprint density at radius 3 is 2.55 bits per heavy atom. The summed E-state index contributed by atoms with van der Waals surface area (Å²) in [5, 5.41) is 8.73. The maximum atomic E-state index is 12.2. The number of amides is 1. The smallest absolute Gasteiger partial charge is 0.289 e. The Labute approximate surface area is 117 Å². The van der Waals surface area contributed by atoms with Crippen LogP contribution in [0.15, 0.2) is 21.6 Å². The second-order valence-electron chi connectivity index (χ2n) is 4.86. The van der Waals surface area contributed by atoms with Crippen LogP contribution in [0.1, 0.15) is 23.4 Å². The van der Waals surface area contributed by atoms with Gasteiger partial charge in [-0.1, -0.05) is 0 Å². The van der Waals surface area contributed by atoms with Gasteiger partial charge < -0.3 is 14.4 Å². The predicted octanol–water partition coefficient (Wildman–Crippen LogP) is 0.127. The van der Waals surface area contributed by atoms with Gasteiger partial charge in [-0.05, 0) is 25.0 Å². The topological polar surface area (TPSA) is 91.1 Å². The van der Waals surface area contributed by atoms with Gasteiger partial charge in [0.25, 0.3) is 15.9 Å². The Morgan fingerprint density at radius 2 is 2.05 bits per heavy atom. The minimum absolute atomic E-state index is 0.0224. The molecule has 1 aromatic heterocycles. The molecule has 1 aliphatic rings. The van der Waals surface area contributed by atoms with Crippen LogP contribution < -0.4 is 0 Å². The van der Waals surface area contributed by atoms with Crippen molar-refractivity contribution in [3.8, 4) is 0 Å². The SMILES string of the molecule is CN(C)S(=O)(=O)c1ccc(C(=O)N(CCO)C2CC2)o1. The van der Waals surface area contributed by atoms with Gasteiger partial charge in [0, 0.05) is 26.7 Å². The molecular formula is C12H18N2O5S. The summed E-state index contributed by atoms with van der Waals surface area (Å²) in [6, 6.07) is 2.74. The van der Waals surface area contributed by atoms with Crippen molar-refractivity contribution < 1.29 is 22.7 Å². The van der Waals surface area contributed by atoms with Crippen LogP contribution in [-0.2, 0) is 10.0 Å². The molecule has 1 saturated carbocycles. The third-order valence-electron chi connectivity index (χ3n) is 3.12. The Bertz CT molecular complexity index is 589. The highest BCUT2D eigenvalue weighted by molar-refractivity contribution is 7.88. The molecule has 0 spiro atoms. The number of aliphatic hydroxyl groups is 1. The van der Waals surface area contributed by atoms with Crippen LogP contribution in [0.3, 0.4) is 0 Å². The fraction of sp³-hybridized carbons (Fsp3) is 0.583. The molecule has 2 rings (SSSR count). The molecule has 1 aromatic rings. The highest BCUT2D eigenvalue weighted by atomic mass is 32.2. The maximum absolute atomic E-state index is 12.2. The Balaban J connectivity index is 2.22. The minimum Gasteiger partial charge on any atom is -0.438 e. The molecule has 0 unspecified atom stereocenters. The van der Waals surface area contributed by atoms with Gasteiger partial charge in [-0.15, -0.1) is 0 Å². The zero-order valence-corrected chi connectivity index (χ0v) is 12.3. The van der Waals surface area contributed by atoms with Crippen molar-refractivity contribution >= 4 is 15.9 Å². The second kappa shape index (κ2) is 5.55. The molecule has 0 aliphatic heterocycles. The monoisotopic (exact) mass is 302 g/mol. The molecule has 1 heterocycles. The van der Waals surface area contributed by atoms with E-state index in [1.807, 2.05) is 0 Å². The van der Waals surface area contributed by atoms with Gasteiger partial charge >= 0.3 is 0 Å². The summed E-state index contributed by atoms with van der Waals surface area (Å²) in [5.74, 6) is -0.410. The average molecular weight is 302 g/mol. The number of carbonyl (C=O) groups is 1. The summed E-state index contributed by atoms with van der Waals surface area (Å²) in [6.07, 6.45) is 1.80. The lowest BCUT2D eigenvalue weighted by molar-refractivity contribution is 0.0670. The molecule has 112 valence electrons. The molecule has 0 bridgehead atoms. The van der Waals surface area contributed by atoms with Gasteiger partial charge in [0.1, 0.15) is 0 Å². The molecule has 0 atom stereocenters. The maximum Gasteiger partial charge on any atom is 0.289 e. The van der Waals surface area contributed by atoms with Crippen LogP contribution in [0.2, 0.25) is 0 Å². The van der Waals surface area contributed by atoms with E-state index in [1.54, 1.807) is 0 Å². The van der Waals surface area contributed by atoms with Crippen molar-refractivity contribution in [2.75, 3.05) is 27.2 Å². The highest BCUT2D eigenvalue weighted by Gasteiger charge is 2.34. The van der Waals surface area contributed by atoms with E-state index in [1.165, 1.54) is 31.1 Å². The molecule has 20 heavy (non-hydrogen) atoms. The first-order chi connectivity index (χ1) is 9.37. The molecule has 0 aromatic carbocycles. The van der Waals surface area contributed by atoms with Gasteiger partial charge in [0.2, 0.25) is 5.09 Å². The fourth-order valence-corrected chi connectivity index (χ4v) is 2.63. The van der Waals surface area contributed by atoms with Crippen LogP contribution in [0, 0.1) is 0 Å². The van der Waals surface area contributed by atoms with Crippen LogP contribution in [0.25, 0.3) is 0 Å². The first-order valence-electron chi connectivity index (χ1n) is 6.32. The van der Waals surface area contributed by atoms with E-state index in [0.29, 0.717) is 0 Å². The normalized spacial score (nSPS) is 15.6. The number of sulfonamides is 1. The number of carbonyl (C=O) groups excluding carboxylic acids is 1. The largest absolute Gasteiger partial charge is 0.438 e. The van der Waals surface area contributed by atoms with Crippen LogP contribution >= 0.6 is 0 Å². The van der Waals surface area contributed by atoms with E-state index < -0.39 is 10.0 Å². The molecule has 8 heteroatoms. The summed E-state index contributed by atoms with van der Waals surface area (Å²) in [6.45, 7) is 0.0891.